The maximum atomic E-state index is 4.32. The summed E-state index contributed by atoms with van der Waals surface area (Å²) in [5.74, 6) is 0. The van der Waals surface area contributed by atoms with Gasteiger partial charge in [-0.25, -0.2) is 0 Å². The highest BCUT2D eigenvalue weighted by molar-refractivity contribution is 5.08. The normalized spacial score (nSPS) is 19.4. The predicted octanol–water partition coefficient (Wildman–Crippen LogP) is 3.16. The molecule has 0 unspecified atom stereocenters. The zero-order valence-corrected chi connectivity index (χ0v) is 13.3. The van der Waals surface area contributed by atoms with E-state index in [0.29, 0.717) is 0 Å². The lowest BCUT2D eigenvalue weighted by Crippen LogP contribution is -2.40. The van der Waals surface area contributed by atoms with Gasteiger partial charge in [0.1, 0.15) is 0 Å². The second-order valence-corrected chi connectivity index (χ2v) is 6.21. The van der Waals surface area contributed by atoms with Gasteiger partial charge in [-0.1, -0.05) is 12.5 Å². The highest BCUT2D eigenvalue weighted by Crippen LogP contribution is 2.20. The van der Waals surface area contributed by atoms with Crippen molar-refractivity contribution in [2.45, 2.75) is 51.1 Å². The fraction of sp³-hybridized carbons (Fsp3) is 0.556. The zero-order chi connectivity index (χ0) is 15.0. The summed E-state index contributed by atoms with van der Waals surface area (Å²) < 4.78 is 2.06. The largest absolute Gasteiger partial charge is 0.300 e. The Bertz CT molecular complexity index is 523. The molecule has 0 aliphatic carbocycles. The van der Waals surface area contributed by atoms with Crippen molar-refractivity contribution < 1.29 is 0 Å². The molecule has 0 bridgehead atoms. The number of aryl methyl sites for hydroxylation is 2. The third-order valence-electron chi connectivity index (χ3n) is 4.63. The molecule has 1 atom stereocenters. The molecule has 1 fully saturated rings. The Morgan fingerprint density at radius 1 is 1.14 bits per heavy atom. The van der Waals surface area contributed by atoms with Crippen LogP contribution in [0.5, 0.6) is 0 Å². The van der Waals surface area contributed by atoms with Crippen molar-refractivity contribution in [1.29, 1.82) is 0 Å². The van der Waals surface area contributed by atoms with Gasteiger partial charge in [0.25, 0.3) is 0 Å². The van der Waals surface area contributed by atoms with Gasteiger partial charge in [0.2, 0.25) is 0 Å². The molecule has 118 valence electrons. The molecule has 0 spiro atoms. The quantitative estimate of drug-likeness (QED) is 0.787. The number of hydrogen-bond donors (Lipinski definition) is 0. The first kappa shape index (κ1) is 15.2. The van der Waals surface area contributed by atoms with E-state index in [1.165, 1.54) is 50.8 Å². The summed E-state index contributed by atoms with van der Waals surface area (Å²) in [7, 11) is 0. The van der Waals surface area contributed by atoms with Crippen molar-refractivity contribution in [3.63, 3.8) is 0 Å². The summed E-state index contributed by atoms with van der Waals surface area (Å²) >= 11 is 0. The van der Waals surface area contributed by atoms with E-state index in [-0.39, 0.29) is 0 Å². The van der Waals surface area contributed by atoms with Crippen LogP contribution in [-0.4, -0.2) is 38.8 Å². The average Bonchev–Trinajstić information content (AvgIpc) is 3.08. The molecule has 3 rings (SSSR count). The lowest BCUT2D eigenvalue weighted by Gasteiger charge is -2.35. The van der Waals surface area contributed by atoms with Gasteiger partial charge in [0, 0.05) is 37.4 Å². The van der Waals surface area contributed by atoms with Crippen molar-refractivity contribution in [3.05, 3.63) is 48.5 Å². The molecule has 4 heteroatoms. The van der Waals surface area contributed by atoms with E-state index in [9.17, 15) is 0 Å². The average molecular weight is 298 g/mol. The van der Waals surface area contributed by atoms with Crippen LogP contribution in [0.4, 0.5) is 0 Å². The minimum atomic E-state index is 0.729. The first-order chi connectivity index (χ1) is 10.9. The Hall–Kier alpha value is -1.68. The van der Waals surface area contributed by atoms with Crippen molar-refractivity contribution in [2.75, 3.05) is 13.1 Å². The molecule has 3 heterocycles. The lowest BCUT2D eigenvalue weighted by molar-refractivity contribution is 0.133. The second kappa shape index (κ2) is 8.08. The number of aromatic nitrogens is 3. The maximum absolute atomic E-state index is 4.32. The molecule has 0 saturated carbocycles. The second-order valence-electron chi connectivity index (χ2n) is 6.21. The van der Waals surface area contributed by atoms with E-state index in [4.69, 9.17) is 0 Å². The number of piperidine rings is 1. The van der Waals surface area contributed by atoms with Gasteiger partial charge >= 0.3 is 0 Å². The van der Waals surface area contributed by atoms with Crippen molar-refractivity contribution in [2.24, 2.45) is 0 Å². The van der Waals surface area contributed by atoms with Gasteiger partial charge in [-0.05, 0) is 62.9 Å². The van der Waals surface area contributed by atoms with Gasteiger partial charge in [-0.3, -0.25) is 9.67 Å². The van der Waals surface area contributed by atoms with E-state index in [2.05, 4.69) is 31.9 Å². The first-order valence-corrected chi connectivity index (χ1v) is 8.52. The fourth-order valence-corrected chi connectivity index (χ4v) is 3.43. The van der Waals surface area contributed by atoms with Crippen LogP contribution in [0.15, 0.2) is 43.0 Å². The topological polar surface area (TPSA) is 34.0 Å². The van der Waals surface area contributed by atoms with Crippen LogP contribution in [0.3, 0.4) is 0 Å². The highest BCUT2D eigenvalue weighted by atomic mass is 15.3. The Morgan fingerprint density at radius 2 is 2.14 bits per heavy atom. The molecule has 4 nitrogen and oxygen atoms in total. The Morgan fingerprint density at radius 3 is 2.95 bits per heavy atom. The van der Waals surface area contributed by atoms with E-state index in [1.54, 1.807) is 0 Å². The molecular weight excluding hydrogens is 272 g/mol. The number of likely N-dealkylation sites (tertiary alicyclic amines) is 1. The smallest absolute Gasteiger partial charge is 0.0489 e. The van der Waals surface area contributed by atoms with E-state index >= 15 is 0 Å². The molecule has 0 aromatic carbocycles. The van der Waals surface area contributed by atoms with Gasteiger partial charge in [0.05, 0.1) is 0 Å². The van der Waals surface area contributed by atoms with Crippen molar-refractivity contribution in [3.8, 4) is 0 Å². The van der Waals surface area contributed by atoms with E-state index in [0.717, 1.165) is 19.0 Å². The van der Waals surface area contributed by atoms with Gasteiger partial charge in [0.15, 0.2) is 0 Å². The Kier molecular flexibility index (Phi) is 5.59. The Labute approximate surface area is 133 Å². The number of hydrogen-bond acceptors (Lipinski definition) is 3. The van der Waals surface area contributed by atoms with Crippen LogP contribution in [0.1, 0.15) is 37.7 Å². The van der Waals surface area contributed by atoms with Gasteiger partial charge in [-0.2, -0.15) is 5.10 Å². The minimum Gasteiger partial charge on any atom is -0.300 e. The molecule has 0 radical (unpaired) electrons. The zero-order valence-electron chi connectivity index (χ0n) is 13.3. The van der Waals surface area contributed by atoms with Crippen LogP contribution in [0.2, 0.25) is 0 Å². The summed E-state index contributed by atoms with van der Waals surface area (Å²) in [4.78, 5) is 6.90. The van der Waals surface area contributed by atoms with Crippen LogP contribution in [-0.2, 0) is 13.0 Å². The summed E-state index contributed by atoms with van der Waals surface area (Å²) in [5, 5.41) is 4.32. The molecule has 0 amide bonds. The van der Waals surface area contributed by atoms with Gasteiger partial charge < -0.3 is 4.90 Å². The fourth-order valence-electron chi connectivity index (χ4n) is 3.43. The molecular formula is C18H26N4. The molecule has 2 aromatic heterocycles. The van der Waals surface area contributed by atoms with Crippen molar-refractivity contribution in [1.82, 2.24) is 19.7 Å². The summed E-state index contributed by atoms with van der Waals surface area (Å²) in [6.07, 6.45) is 15.4. The van der Waals surface area contributed by atoms with Crippen LogP contribution < -0.4 is 0 Å². The van der Waals surface area contributed by atoms with Crippen LogP contribution >= 0.6 is 0 Å². The molecule has 1 saturated heterocycles. The third kappa shape index (κ3) is 4.41. The molecule has 1 aliphatic heterocycles. The molecule has 1 aliphatic rings. The maximum Gasteiger partial charge on any atom is 0.0489 e. The number of rotatable bonds is 7. The summed E-state index contributed by atoms with van der Waals surface area (Å²) in [5.41, 5.74) is 1.35. The number of nitrogens with zero attached hydrogens (tertiary/aromatic N) is 4. The SMILES string of the molecule is c1cncc(CCCN2CCCC[C@@H]2CCn2cccn2)c1. The Balaban J connectivity index is 1.45. The molecule has 22 heavy (non-hydrogen) atoms. The standard InChI is InChI=1S/C18H26N4/c1-2-12-21(13-4-7-17-6-3-10-19-16-17)18(8-1)9-15-22-14-5-11-20-22/h3,5-6,10-11,14,16,18H,1-2,4,7-9,12-13,15H2/t18-/m1/s1. The summed E-state index contributed by atoms with van der Waals surface area (Å²) in [6.45, 7) is 3.51. The number of pyridine rings is 1. The minimum absolute atomic E-state index is 0.729. The lowest BCUT2D eigenvalue weighted by atomic mass is 9.98. The first-order valence-electron chi connectivity index (χ1n) is 8.52. The third-order valence-corrected chi connectivity index (χ3v) is 4.63. The van der Waals surface area contributed by atoms with E-state index in [1.807, 2.05) is 30.7 Å². The summed E-state index contributed by atoms with van der Waals surface area (Å²) in [6, 6.07) is 6.94. The monoisotopic (exact) mass is 298 g/mol. The highest BCUT2D eigenvalue weighted by Gasteiger charge is 2.21. The molecule has 0 N–H and O–H groups in total. The van der Waals surface area contributed by atoms with E-state index < -0.39 is 0 Å². The van der Waals surface area contributed by atoms with Gasteiger partial charge in [-0.15, -0.1) is 0 Å². The van der Waals surface area contributed by atoms with Crippen molar-refractivity contribution >= 4 is 0 Å². The predicted molar refractivity (Wildman–Crippen MR) is 88.6 cm³/mol. The van der Waals surface area contributed by atoms with Crippen LogP contribution in [0.25, 0.3) is 0 Å². The molecule has 2 aromatic rings. The van der Waals surface area contributed by atoms with Crippen LogP contribution in [0, 0.1) is 0 Å².